The second kappa shape index (κ2) is 5.91. The van der Waals surface area contributed by atoms with E-state index in [1.807, 2.05) is 0 Å². The van der Waals surface area contributed by atoms with Gasteiger partial charge in [0, 0.05) is 5.02 Å². The maximum Gasteiger partial charge on any atom is 0.261 e. The molecule has 9 heteroatoms. The minimum absolute atomic E-state index is 0.0665. The molecule has 2 aromatic rings. The summed E-state index contributed by atoms with van der Waals surface area (Å²) in [5.41, 5.74) is 8.57. The lowest BCUT2D eigenvalue weighted by molar-refractivity contribution is -0.121. The first-order chi connectivity index (χ1) is 9.15. The van der Waals surface area contributed by atoms with Crippen LogP contribution in [0.25, 0.3) is 0 Å². The molecule has 19 heavy (non-hydrogen) atoms. The highest BCUT2D eigenvalue weighted by atomic mass is 35.5. The summed E-state index contributed by atoms with van der Waals surface area (Å²) in [7, 11) is 0. The Bertz CT molecular complexity index is 592. The zero-order valence-electron chi connectivity index (χ0n) is 9.69. The van der Waals surface area contributed by atoms with Crippen molar-refractivity contribution < 1.29 is 4.79 Å². The number of aromatic nitrogens is 4. The number of nitrogens with one attached hydrogen (secondary N) is 1. The topological polar surface area (TPSA) is 111 Å². The van der Waals surface area contributed by atoms with E-state index in [0.717, 1.165) is 10.2 Å². The van der Waals surface area contributed by atoms with Gasteiger partial charge in [0.2, 0.25) is 5.95 Å². The molecule has 2 rings (SSSR count). The second-order valence-electron chi connectivity index (χ2n) is 3.54. The van der Waals surface area contributed by atoms with E-state index < -0.39 is 0 Å². The molecule has 0 unspecified atom stereocenters. The zero-order chi connectivity index (χ0) is 13.7. The maximum absolute atomic E-state index is 11.5. The molecular weight excluding hydrogens is 270 g/mol. The first-order valence-electron chi connectivity index (χ1n) is 5.24. The number of amides is 1. The lowest BCUT2D eigenvalue weighted by atomic mass is 10.2. The number of carbonyl (C=O) groups excluding carboxylic acids is 1. The highest BCUT2D eigenvalue weighted by Gasteiger charge is 2.06. The van der Waals surface area contributed by atoms with Crippen molar-refractivity contribution in [3.63, 3.8) is 0 Å². The van der Waals surface area contributed by atoms with Gasteiger partial charge in [0.1, 0.15) is 6.54 Å². The fraction of sp³-hybridized carbons (Fsp3) is 0.100. The van der Waals surface area contributed by atoms with E-state index in [0.29, 0.717) is 5.02 Å². The highest BCUT2D eigenvalue weighted by molar-refractivity contribution is 6.30. The van der Waals surface area contributed by atoms with E-state index in [2.05, 4.69) is 26.1 Å². The number of carbonyl (C=O) groups is 1. The number of nitrogen functional groups attached to an aromatic ring is 1. The molecule has 0 radical (unpaired) electrons. The smallest absolute Gasteiger partial charge is 0.261 e. The number of rotatable bonds is 4. The zero-order valence-corrected chi connectivity index (χ0v) is 10.4. The third kappa shape index (κ3) is 3.75. The van der Waals surface area contributed by atoms with Crippen molar-refractivity contribution in [2.24, 2.45) is 5.10 Å². The SMILES string of the molecule is Nc1nnnn1CC(=O)N/N=C\c1ccc(Cl)cc1. The Morgan fingerprint density at radius 2 is 2.21 bits per heavy atom. The monoisotopic (exact) mass is 279 g/mol. The molecule has 0 saturated carbocycles. The number of hydrazone groups is 1. The van der Waals surface area contributed by atoms with Gasteiger partial charge in [-0.15, -0.1) is 0 Å². The van der Waals surface area contributed by atoms with Gasteiger partial charge < -0.3 is 5.73 Å². The predicted octanol–water partition coefficient (Wildman–Crippen LogP) is 0.0590. The number of hydrogen-bond donors (Lipinski definition) is 2. The largest absolute Gasteiger partial charge is 0.367 e. The van der Waals surface area contributed by atoms with Crippen LogP contribution in [0.1, 0.15) is 5.56 Å². The van der Waals surface area contributed by atoms with Gasteiger partial charge in [-0.25, -0.2) is 10.1 Å². The average Bonchev–Trinajstić information content (AvgIpc) is 2.78. The van der Waals surface area contributed by atoms with Crippen molar-refractivity contribution in [2.75, 3.05) is 5.73 Å². The summed E-state index contributed by atoms with van der Waals surface area (Å²) in [6.45, 7) is -0.100. The first-order valence-corrected chi connectivity index (χ1v) is 5.62. The van der Waals surface area contributed by atoms with Gasteiger partial charge in [-0.3, -0.25) is 4.79 Å². The van der Waals surface area contributed by atoms with E-state index in [9.17, 15) is 4.79 Å². The first kappa shape index (κ1) is 13.0. The Balaban J connectivity index is 1.86. The van der Waals surface area contributed by atoms with Crippen molar-refractivity contribution in [3.8, 4) is 0 Å². The van der Waals surface area contributed by atoms with Gasteiger partial charge in [0.05, 0.1) is 6.21 Å². The fourth-order valence-electron chi connectivity index (χ4n) is 1.22. The Morgan fingerprint density at radius 3 is 2.84 bits per heavy atom. The van der Waals surface area contributed by atoms with Crippen molar-refractivity contribution in [1.82, 2.24) is 25.6 Å². The highest BCUT2D eigenvalue weighted by Crippen LogP contribution is 2.07. The molecule has 1 aromatic heterocycles. The molecule has 1 amide bonds. The van der Waals surface area contributed by atoms with Crippen LogP contribution in [0.4, 0.5) is 5.95 Å². The van der Waals surface area contributed by atoms with Crippen molar-refractivity contribution in [3.05, 3.63) is 34.9 Å². The number of benzene rings is 1. The molecule has 0 atom stereocenters. The molecular formula is C10H10ClN7O. The van der Waals surface area contributed by atoms with Crippen LogP contribution in [-0.4, -0.2) is 32.3 Å². The summed E-state index contributed by atoms with van der Waals surface area (Å²) in [4.78, 5) is 11.5. The van der Waals surface area contributed by atoms with Gasteiger partial charge in [-0.05, 0) is 28.1 Å². The number of hydrogen-bond acceptors (Lipinski definition) is 6. The van der Waals surface area contributed by atoms with Gasteiger partial charge in [0.15, 0.2) is 0 Å². The van der Waals surface area contributed by atoms with Crippen LogP contribution in [0.2, 0.25) is 5.02 Å². The summed E-state index contributed by atoms with van der Waals surface area (Å²) in [5.74, 6) is -0.318. The Labute approximate surface area is 113 Å². The number of tetrazole rings is 1. The van der Waals surface area contributed by atoms with Crippen LogP contribution < -0.4 is 11.2 Å². The number of halogens is 1. The van der Waals surface area contributed by atoms with Crippen LogP contribution in [0, 0.1) is 0 Å². The minimum Gasteiger partial charge on any atom is -0.367 e. The molecule has 8 nitrogen and oxygen atoms in total. The van der Waals surface area contributed by atoms with E-state index in [4.69, 9.17) is 17.3 Å². The maximum atomic E-state index is 11.5. The van der Waals surface area contributed by atoms with E-state index in [1.54, 1.807) is 24.3 Å². The molecule has 1 aromatic carbocycles. The molecule has 0 saturated heterocycles. The molecule has 0 fully saturated rings. The normalized spacial score (nSPS) is 10.8. The summed E-state index contributed by atoms with van der Waals surface area (Å²) < 4.78 is 1.16. The third-order valence-electron chi connectivity index (χ3n) is 2.13. The van der Waals surface area contributed by atoms with Crippen molar-refractivity contribution in [1.29, 1.82) is 0 Å². The molecule has 0 aliphatic carbocycles. The molecule has 0 spiro atoms. The van der Waals surface area contributed by atoms with E-state index in [1.165, 1.54) is 6.21 Å². The molecule has 98 valence electrons. The summed E-state index contributed by atoms with van der Waals surface area (Å²) in [5, 5.41) is 14.7. The molecule has 0 aliphatic heterocycles. The summed E-state index contributed by atoms with van der Waals surface area (Å²) in [6.07, 6.45) is 1.50. The summed E-state index contributed by atoms with van der Waals surface area (Å²) >= 11 is 5.74. The second-order valence-corrected chi connectivity index (χ2v) is 3.98. The standard InChI is InChI=1S/C10H10ClN7O/c11-8-3-1-7(2-4-8)5-13-14-9(19)6-18-10(12)15-16-17-18/h1-5H,6H2,(H,14,19)(H2,12,15,17)/b13-5-. The molecule has 0 aliphatic rings. The van der Waals surface area contributed by atoms with Gasteiger partial charge in [-0.1, -0.05) is 28.8 Å². The quantitative estimate of drug-likeness (QED) is 0.607. The molecule has 3 N–H and O–H groups in total. The van der Waals surface area contributed by atoms with Crippen LogP contribution in [0.15, 0.2) is 29.4 Å². The number of anilines is 1. The van der Waals surface area contributed by atoms with Crippen molar-refractivity contribution in [2.45, 2.75) is 6.54 Å². The van der Waals surface area contributed by atoms with Crippen LogP contribution in [0.5, 0.6) is 0 Å². The van der Waals surface area contributed by atoms with Crippen LogP contribution in [-0.2, 0) is 11.3 Å². The minimum atomic E-state index is -0.385. The van der Waals surface area contributed by atoms with Crippen molar-refractivity contribution >= 4 is 29.7 Å². The fourth-order valence-corrected chi connectivity index (χ4v) is 1.35. The van der Waals surface area contributed by atoms with Crippen LogP contribution >= 0.6 is 11.6 Å². The number of nitrogens with zero attached hydrogens (tertiary/aromatic N) is 5. The Morgan fingerprint density at radius 1 is 1.47 bits per heavy atom. The molecule has 1 heterocycles. The van der Waals surface area contributed by atoms with Crippen LogP contribution in [0.3, 0.4) is 0 Å². The predicted molar refractivity (Wildman–Crippen MR) is 69.4 cm³/mol. The summed E-state index contributed by atoms with van der Waals surface area (Å²) in [6, 6.07) is 7.01. The Hall–Kier alpha value is -2.48. The lowest BCUT2D eigenvalue weighted by Crippen LogP contribution is -2.24. The van der Waals surface area contributed by atoms with Gasteiger partial charge >= 0.3 is 0 Å². The van der Waals surface area contributed by atoms with Gasteiger partial charge in [-0.2, -0.15) is 5.10 Å². The van der Waals surface area contributed by atoms with E-state index >= 15 is 0 Å². The number of nitrogens with two attached hydrogens (primary N) is 1. The average molecular weight is 280 g/mol. The third-order valence-corrected chi connectivity index (χ3v) is 2.38. The lowest BCUT2D eigenvalue weighted by Gasteiger charge is -2.00. The Kier molecular flexibility index (Phi) is 4.04. The van der Waals surface area contributed by atoms with E-state index in [-0.39, 0.29) is 18.4 Å². The molecule has 0 bridgehead atoms. The van der Waals surface area contributed by atoms with Gasteiger partial charge in [0.25, 0.3) is 5.91 Å².